The summed E-state index contributed by atoms with van der Waals surface area (Å²) < 4.78 is 0. The van der Waals surface area contributed by atoms with Gasteiger partial charge in [-0.25, -0.2) is 9.97 Å². The van der Waals surface area contributed by atoms with Gasteiger partial charge < -0.3 is 9.80 Å². The van der Waals surface area contributed by atoms with E-state index in [9.17, 15) is 0 Å². The first-order valence-corrected chi connectivity index (χ1v) is 10.2. The summed E-state index contributed by atoms with van der Waals surface area (Å²) in [6, 6.07) is 3.17. The van der Waals surface area contributed by atoms with Gasteiger partial charge in [-0.15, -0.1) is 0 Å². The fourth-order valence-corrected chi connectivity index (χ4v) is 3.89. The van der Waals surface area contributed by atoms with Crippen molar-refractivity contribution in [3.05, 3.63) is 18.0 Å². The molecule has 1 fully saturated rings. The van der Waals surface area contributed by atoms with Gasteiger partial charge in [-0.1, -0.05) is 39.5 Å². The molecule has 142 valence electrons. The molecule has 1 aliphatic rings. The molecule has 0 N–H and O–H groups in total. The van der Waals surface area contributed by atoms with E-state index < -0.39 is 0 Å². The van der Waals surface area contributed by atoms with E-state index in [2.05, 4.69) is 55.7 Å². The second kappa shape index (κ2) is 10.1. The summed E-state index contributed by atoms with van der Waals surface area (Å²) in [7, 11) is 4.30. The van der Waals surface area contributed by atoms with E-state index in [1.54, 1.807) is 0 Å². The maximum atomic E-state index is 4.91. The van der Waals surface area contributed by atoms with Crippen LogP contribution in [-0.2, 0) is 6.42 Å². The Balaban J connectivity index is 1.87. The molecule has 0 amide bonds. The van der Waals surface area contributed by atoms with Gasteiger partial charge in [0.1, 0.15) is 0 Å². The van der Waals surface area contributed by atoms with Gasteiger partial charge in [0.05, 0.1) is 0 Å². The Morgan fingerprint density at radius 2 is 1.92 bits per heavy atom. The summed E-state index contributed by atoms with van der Waals surface area (Å²) in [6.45, 7) is 8.00. The van der Waals surface area contributed by atoms with Crippen molar-refractivity contribution in [3.8, 4) is 0 Å². The predicted octanol–water partition coefficient (Wildman–Crippen LogP) is 4.54. The van der Waals surface area contributed by atoms with Crippen molar-refractivity contribution in [1.82, 2.24) is 14.9 Å². The third kappa shape index (κ3) is 6.58. The minimum atomic E-state index is 0.538. The van der Waals surface area contributed by atoms with Crippen molar-refractivity contribution in [1.29, 1.82) is 0 Å². The fraction of sp³-hybridized carbons (Fsp3) is 0.810. The Morgan fingerprint density at radius 3 is 2.64 bits per heavy atom. The van der Waals surface area contributed by atoms with Crippen LogP contribution in [-0.4, -0.2) is 47.6 Å². The van der Waals surface area contributed by atoms with Crippen molar-refractivity contribution >= 4 is 5.95 Å². The number of hydrogen-bond acceptors (Lipinski definition) is 4. The Morgan fingerprint density at radius 1 is 1.16 bits per heavy atom. The zero-order valence-corrected chi connectivity index (χ0v) is 17.0. The third-order valence-corrected chi connectivity index (χ3v) is 5.26. The molecule has 2 rings (SSSR count). The average Bonchev–Trinajstić information content (AvgIpc) is 2.90. The molecule has 4 heteroatoms. The van der Waals surface area contributed by atoms with Gasteiger partial charge in [0.2, 0.25) is 5.95 Å². The molecule has 0 saturated carbocycles. The van der Waals surface area contributed by atoms with Gasteiger partial charge in [0.15, 0.2) is 0 Å². The van der Waals surface area contributed by atoms with Crippen LogP contribution in [0.2, 0.25) is 0 Å². The fourth-order valence-electron chi connectivity index (χ4n) is 3.89. The Bertz CT molecular complexity index is 500. The van der Waals surface area contributed by atoms with Gasteiger partial charge in [-0.05, 0) is 58.7 Å². The maximum absolute atomic E-state index is 4.91. The van der Waals surface area contributed by atoms with Crippen molar-refractivity contribution in [2.24, 2.45) is 5.92 Å². The molecule has 0 spiro atoms. The van der Waals surface area contributed by atoms with E-state index >= 15 is 0 Å². The molecular formula is C21H38N4. The third-order valence-electron chi connectivity index (χ3n) is 5.26. The van der Waals surface area contributed by atoms with Crippen LogP contribution in [0.5, 0.6) is 0 Å². The van der Waals surface area contributed by atoms with Crippen molar-refractivity contribution in [2.45, 2.75) is 84.2 Å². The second-order valence-electron chi connectivity index (χ2n) is 8.44. The lowest BCUT2D eigenvalue weighted by molar-refractivity contribution is 0.368. The highest BCUT2D eigenvalue weighted by molar-refractivity contribution is 5.36. The number of rotatable bonds is 10. The van der Waals surface area contributed by atoms with Crippen LogP contribution in [0.1, 0.15) is 71.4 Å². The lowest BCUT2D eigenvalue weighted by Gasteiger charge is -2.30. The lowest BCUT2D eigenvalue weighted by Crippen LogP contribution is -2.41. The SMILES string of the molecule is CC(C)CCCCCCc1ccnc(N2C(C)CCC2CN(C)C)n1. The number of aryl methyl sites for hydroxylation is 1. The molecule has 2 atom stereocenters. The highest BCUT2D eigenvalue weighted by atomic mass is 15.3. The molecule has 1 aromatic rings. The molecular weight excluding hydrogens is 308 g/mol. The van der Waals surface area contributed by atoms with Crippen LogP contribution < -0.4 is 4.90 Å². The standard InChI is InChI=1S/C21H38N4/c1-17(2)10-8-6-7-9-11-19-14-15-22-21(23-19)25-18(3)12-13-20(25)16-24(4)5/h14-15,17-18,20H,6-13,16H2,1-5H3. The molecule has 0 bridgehead atoms. The van der Waals surface area contributed by atoms with Crippen LogP contribution in [0, 0.1) is 5.92 Å². The topological polar surface area (TPSA) is 32.3 Å². The number of aromatic nitrogens is 2. The zero-order valence-electron chi connectivity index (χ0n) is 17.0. The minimum Gasteiger partial charge on any atom is -0.334 e. The summed E-state index contributed by atoms with van der Waals surface area (Å²) in [5, 5.41) is 0. The Hall–Kier alpha value is -1.16. The van der Waals surface area contributed by atoms with Crippen LogP contribution in [0.15, 0.2) is 12.3 Å². The minimum absolute atomic E-state index is 0.538. The van der Waals surface area contributed by atoms with Crippen LogP contribution in [0.25, 0.3) is 0 Å². The molecule has 4 nitrogen and oxygen atoms in total. The first-order valence-electron chi connectivity index (χ1n) is 10.2. The molecule has 2 unspecified atom stereocenters. The monoisotopic (exact) mass is 346 g/mol. The van der Waals surface area contributed by atoms with Crippen molar-refractivity contribution in [2.75, 3.05) is 25.5 Å². The first-order chi connectivity index (χ1) is 12.0. The normalized spacial score (nSPS) is 20.8. The summed E-state index contributed by atoms with van der Waals surface area (Å²) in [5.41, 5.74) is 1.21. The highest BCUT2D eigenvalue weighted by Gasteiger charge is 2.32. The van der Waals surface area contributed by atoms with Gasteiger partial charge >= 0.3 is 0 Å². The average molecular weight is 347 g/mol. The Labute approximate surface area is 155 Å². The van der Waals surface area contributed by atoms with E-state index in [1.165, 1.54) is 50.6 Å². The first kappa shape index (κ1) is 20.2. The molecule has 0 aliphatic carbocycles. The van der Waals surface area contributed by atoms with Crippen LogP contribution in [0.3, 0.4) is 0 Å². The molecule has 1 aliphatic heterocycles. The van der Waals surface area contributed by atoms with E-state index in [4.69, 9.17) is 4.98 Å². The molecule has 0 aromatic carbocycles. The highest BCUT2D eigenvalue weighted by Crippen LogP contribution is 2.28. The van der Waals surface area contributed by atoms with Gasteiger partial charge in [0.25, 0.3) is 0 Å². The largest absolute Gasteiger partial charge is 0.334 e. The summed E-state index contributed by atoms with van der Waals surface area (Å²) in [6.07, 6.45) is 12.1. The maximum Gasteiger partial charge on any atom is 0.226 e. The second-order valence-corrected chi connectivity index (χ2v) is 8.44. The van der Waals surface area contributed by atoms with Crippen molar-refractivity contribution < 1.29 is 0 Å². The van der Waals surface area contributed by atoms with E-state index in [0.717, 1.165) is 24.8 Å². The summed E-state index contributed by atoms with van der Waals surface area (Å²) in [5.74, 6) is 1.77. The van der Waals surface area contributed by atoms with Crippen molar-refractivity contribution in [3.63, 3.8) is 0 Å². The molecule has 0 radical (unpaired) electrons. The van der Waals surface area contributed by atoms with E-state index in [0.29, 0.717) is 12.1 Å². The molecule has 1 saturated heterocycles. The molecule has 1 aromatic heterocycles. The zero-order chi connectivity index (χ0) is 18.2. The van der Waals surface area contributed by atoms with Gasteiger partial charge in [-0.2, -0.15) is 0 Å². The number of hydrogen-bond donors (Lipinski definition) is 0. The quantitative estimate of drug-likeness (QED) is 0.582. The number of anilines is 1. The van der Waals surface area contributed by atoms with Crippen LogP contribution in [0.4, 0.5) is 5.95 Å². The van der Waals surface area contributed by atoms with E-state index in [1.807, 2.05) is 6.20 Å². The molecule has 25 heavy (non-hydrogen) atoms. The number of likely N-dealkylation sites (N-methyl/N-ethyl adjacent to an activating group) is 1. The number of unbranched alkanes of at least 4 members (excludes halogenated alkanes) is 3. The van der Waals surface area contributed by atoms with Gasteiger partial charge in [0, 0.05) is 30.5 Å². The van der Waals surface area contributed by atoms with Gasteiger partial charge in [-0.3, -0.25) is 0 Å². The smallest absolute Gasteiger partial charge is 0.226 e. The summed E-state index contributed by atoms with van der Waals surface area (Å²) >= 11 is 0. The Kier molecular flexibility index (Phi) is 8.14. The lowest BCUT2D eigenvalue weighted by atomic mass is 10.0. The van der Waals surface area contributed by atoms with Crippen LogP contribution >= 0.6 is 0 Å². The molecule has 2 heterocycles. The summed E-state index contributed by atoms with van der Waals surface area (Å²) in [4.78, 5) is 14.2. The van der Waals surface area contributed by atoms with E-state index in [-0.39, 0.29) is 0 Å². The number of nitrogens with zero attached hydrogens (tertiary/aromatic N) is 4. The predicted molar refractivity (Wildman–Crippen MR) is 107 cm³/mol.